The molecule has 0 spiro atoms. The van der Waals surface area contributed by atoms with Gasteiger partial charge in [0.15, 0.2) is 0 Å². The summed E-state index contributed by atoms with van der Waals surface area (Å²) in [6.45, 7) is 61.2. The molecule has 15 heteroatoms. The Labute approximate surface area is 610 Å². The van der Waals surface area contributed by atoms with E-state index in [9.17, 15) is 30.3 Å². The van der Waals surface area contributed by atoms with Crippen LogP contribution in [0.4, 0.5) is 34.1 Å². The summed E-state index contributed by atoms with van der Waals surface area (Å²) in [6, 6.07) is 36.1. The van der Waals surface area contributed by atoms with Gasteiger partial charge >= 0.3 is 0 Å². The van der Waals surface area contributed by atoms with Gasteiger partial charge in [-0.3, -0.25) is 45.3 Å². The molecule has 0 aliphatic carbocycles. The van der Waals surface area contributed by atoms with E-state index >= 15 is 0 Å². The molecule has 0 aromatic heterocycles. The summed E-state index contributed by atoms with van der Waals surface area (Å²) in [5.41, 5.74) is 17.0. The molecule has 0 saturated heterocycles. The third-order valence-corrected chi connectivity index (χ3v) is 15.5. The third-order valence-electron chi connectivity index (χ3n) is 15.5. The quantitative estimate of drug-likeness (QED) is 0.0395. The molecule has 0 fully saturated rings. The molecule has 523 valence electrons. The summed E-state index contributed by atoms with van der Waals surface area (Å²) in [6.07, 6.45) is 10.5. The second-order valence-corrected chi connectivity index (χ2v) is 26.9. The van der Waals surface area contributed by atoms with E-state index in [0.717, 1.165) is 50.4 Å². The van der Waals surface area contributed by atoms with Crippen molar-refractivity contribution in [1.82, 2.24) is 0 Å². The maximum absolute atomic E-state index is 11.1. The molecule has 0 unspecified atom stereocenters. The summed E-state index contributed by atoms with van der Waals surface area (Å²) in [4.78, 5) is 46.0. The van der Waals surface area contributed by atoms with E-state index < -0.39 is 0 Å². The number of hydrogen-bond acceptors (Lipinski definition) is 9. The number of benzene rings is 6. The zero-order valence-electron chi connectivity index (χ0n) is 62.4. The van der Waals surface area contributed by atoms with E-state index in [-0.39, 0.29) is 101 Å². The van der Waals surface area contributed by atoms with Gasteiger partial charge in [0.05, 0.1) is 31.8 Å². The summed E-state index contributed by atoms with van der Waals surface area (Å²) in [5, 5.41) is 33.2. The Hall–Kier alpha value is -6.80. The molecule has 0 atom stereocenters. The van der Waals surface area contributed by atoms with Crippen molar-refractivity contribution < 1.29 is 65.4 Å². The fourth-order valence-electron chi connectivity index (χ4n) is 10.5. The number of aliphatic imine (C=N–C) groups is 3. The van der Waals surface area contributed by atoms with Crippen molar-refractivity contribution in [2.75, 3.05) is 0 Å². The van der Waals surface area contributed by atoms with E-state index in [1.807, 2.05) is 138 Å². The van der Waals surface area contributed by atoms with Gasteiger partial charge in [-0.2, -0.15) is 0 Å². The predicted molar refractivity (Wildman–Crippen MR) is 403 cm³/mol. The van der Waals surface area contributed by atoms with Crippen LogP contribution in [-0.2, 0) is 25.8 Å². The van der Waals surface area contributed by atoms with Gasteiger partial charge < -0.3 is 24.8 Å². The van der Waals surface area contributed by atoms with Crippen LogP contribution in [0.5, 0.6) is 0 Å². The molecular weight excluding hydrogens is 1270 g/mol. The molecule has 0 N–H and O–H groups in total. The fraction of sp³-hybridized carbons (Fsp3) is 0.444. The van der Waals surface area contributed by atoms with E-state index in [1.54, 1.807) is 36.9 Å². The molecule has 6 rings (SSSR count). The maximum atomic E-state index is 11.1. The Morgan fingerprint density at radius 2 is 0.385 bits per heavy atom. The molecule has 96 heavy (non-hydrogen) atoms. The molecule has 1 radical (unpaired) electrons. The second kappa shape index (κ2) is 47.2. The number of allylic oxidation sites excluding steroid dienone is 3. The van der Waals surface area contributed by atoms with Crippen LogP contribution >= 0.6 is 0 Å². The molecule has 0 aliphatic heterocycles. The van der Waals surface area contributed by atoms with Crippen LogP contribution in [0, 0.1) is 30.3 Å². The summed E-state index contributed by atoms with van der Waals surface area (Å²) < 4.78 is 0. The monoisotopic (exact) mass is 1380 g/mol. The number of para-hydroxylation sites is 6. The van der Waals surface area contributed by atoms with Crippen molar-refractivity contribution in [3.8, 4) is 0 Å². The van der Waals surface area contributed by atoms with Crippen LogP contribution in [0.15, 0.2) is 162 Å². The van der Waals surface area contributed by atoms with Crippen molar-refractivity contribution in [2.24, 2.45) is 15.0 Å². The zero-order chi connectivity index (χ0) is 71.1. The Bertz CT molecular complexity index is 2950. The van der Waals surface area contributed by atoms with E-state index in [2.05, 4.69) is 172 Å². The first-order valence-electron chi connectivity index (χ1n) is 33.2. The van der Waals surface area contributed by atoms with Gasteiger partial charge in [0.25, 0.3) is 17.1 Å². The maximum Gasteiger partial charge on any atom is 0.276 e. The third kappa shape index (κ3) is 29.1. The van der Waals surface area contributed by atoms with Gasteiger partial charge in [0.1, 0.15) is 0 Å². The van der Waals surface area contributed by atoms with Gasteiger partial charge in [0, 0.05) is 77.9 Å². The summed E-state index contributed by atoms with van der Waals surface area (Å²) in [5.74, 6) is 4.08. The van der Waals surface area contributed by atoms with Crippen molar-refractivity contribution in [1.29, 1.82) is 0 Å². The van der Waals surface area contributed by atoms with Gasteiger partial charge in [-0.15, -0.1) is 0 Å². The van der Waals surface area contributed by atoms with Crippen molar-refractivity contribution >= 4 is 52.8 Å². The molecule has 0 amide bonds. The number of hydrogen-bond donors (Lipinski definition) is 0. The normalized spacial score (nSPS) is 11.0. The molecule has 0 bridgehead atoms. The molecular formula is C81H114Cl2N6O6Sc-2. The largest absolute Gasteiger partial charge is 1.00 e. The molecule has 0 heterocycles. The number of nitro benzene ring substituents is 3. The van der Waals surface area contributed by atoms with Crippen LogP contribution < -0.4 is 24.8 Å². The van der Waals surface area contributed by atoms with Gasteiger partial charge in [-0.1, -0.05) is 313 Å². The topological polar surface area (TPSA) is 167 Å². The predicted octanol–water partition coefficient (Wildman–Crippen LogP) is 20.0. The smallest absolute Gasteiger partial charge is 0.276 e. The van der Waals surface area contributed by atoms with Crippen molar-refractivity contribution in [3.05, 3.63) is 244 Å². The van der Waals surface area contributed by atoms with Crippen molar-refractivity contribution in [3.63, 3.8) is 0 Å². The van der Waals surface area contributed by atoms with Gasteiger partial charge in [-0.25, -0.2) is 0 Å². The Morgan fingerprint density at radius 3 is 0.479 bits per heavy atom. The Balaban J connectivity index is -0.00000107. The first kappa shape index (κ1) is 93.4. The average molecular weight is 1380 g/mol. The van der Waals surface area contributed by atoms with Crippen molar-refractivity contribution in [2.45, 2.75) is 237 Å². The standard InChI is InChI=1S/3C15H21N.3C12H17NO2.2ClH.Sc/c3*1-6-10-16-15-13(11(2)3)8-7-9-14(15)12(4)5;3*1-8(2)10-6-5-7-11(9(3)4)12(10)13(14)15;;;/h3*6-12H,1H2,2-5H3;3*5-9H,1-4H3;2*1H;/p-2. The van der Waals surface area contributed by atoms with E-state index in [0.29, 0.717) is 52.6 Å². The van der Waals surface area contributed by atoms with E-state index in [4.69, 9.17) is 0 Å². The minimum absolute atomic E-state index is 0. The van der Waals surface area contributed by atoms with Gasteiger partial charge in [-0.05, 0) is 104 Å². The Kier molecular flexibility index (Phi) is 45.9. The minimum Gasteiger partial charge on any atom is -1.00 e. The van der Waals surface area contributed by atoms with Gasteiger partial charge in [0.2, 0.25) is 0 Å². The fourth-order valence-corrected chi connectivity index (χ4v) is 10.5. The average Bonchev–Trinajstić information content (AvgIpc) is 0.881. The Morgan fingerprint density at radius 1 is 0.271 bits per heavy atom. The van der Waals surface area contributed by atoms with Crippen LogP contribution in [0.25, 0.3) is 0 Å². The number of halogens is 2. The number of nitro groups is 3. The SMILES string of the molecule is C=CC=Nc1c(C(C)C)cccc1C(C)C.C=CC=Nc1c(C(C)C)cccc1C(C)C.C=CC=Nc1c(C(C)C)cccc1C(C)C.CC(C)c1cccc(C(C)C)c1[N+](=O)[O-].CC(C)c1cccc(C(C)C)c1[N+](=O)[O-].CC(C)c1cccc(C(C)C)c1[N+](=O)[O-].[Cl-].[Cl-].[Sc]. The summed E-state index contributed by atoms with van der Waals surface area (Å²) in [7, 11) is 0. The first-order valence-corrected chi connectivity index (χ1v) is 33.2. The molecule has 0 saturated carbocycles. The van der Waals surface area contributed by atoms with Crippen LogP contribution in [0.3, 0.4) is 0 Å². The minimum atomic E-state index is -0.259. The first-order chi connectivity index (χ1) is 43.6. The summed E-state index contributed by atoms with van der Waals surface area (Å²) >= 11 is 0. The zero-order valence-corrected chi connectivity index (χ0v) is 65.7. The number of rotatable bonds is 21. The van der Waals surface area contributed by atoms with Crippen LogP contribution in [0.1, 0.15) is 304 Å². The second-order valence-electron chi connectivity index (χ2n) is 26.9. The number of nitrogens with zero attached hydrogens (tertiary/aromatic N) is 6. The molecule has 6 aromatic carbocycles. The molecule has 12 nitrogen and oxygen atoms in total. The van der Waals surface area contributed by atoms with Crippen LogP contribution in [-0.4, -0.2) is 33.4 Å². The molecule has 6 aromatic rings. The van der Waals surface area contributed by atoms with E-state index in [1.165, 1.54) is 33.4 Å². The molecule has 0 aliphatic rings. The van der Waals surface area contributed by atoms with Crippen LogP contribution in [0.2, 0.25) is 0 Å².